The van der Waals surface area contributed by atoms with E-state index in [0.29, 0.717) is 12.8 Å². The van der Waals surface area contributed by atoms with Crippen molar-refractivity contribution in [2.45, 2.75) is 404 Å². The minimum Gasteiger partial charge on any atom is -0.477 e. The summed E-state index contributed by atoms with van der Waals surface area (Å²) in [5.41, 5.74) is 0. The third kappa shape index (κ3) is 30.0. The molecule has 108 heavy (non-hydrogen) atoms. The van der Waals surface area contributed by atoms with E-state index < -0.39 is 229 Å². The van der Waals surface area contributed by atoms with Crippen LogP contribution in [0.15, 0.2) is 12.2 Å². The van der Waals surface area contributed by atoms with Crippen molar-refractivity contribution in [1.29, 1.82) is 0 Å². The Balaban J connectivity index is 1.21. The highest BCUT2D eigenvalue weighted by atomic mass is 16.8. The van der Waals surface area contributed by atoms with Gasteiger partial charge in [0.15, 0.2) is 25.2 Å². The van der Waals surface area contributed by atoms with E-state index in [9.17, 15) is 106 Å². The number of aliphatic hydroxyl groups excluding tert-OH is 17. The molecular formula is C75H136N2O31. The molecule has 0 aromatic rings. The Hall–Kier alpha value is -2.93. The van der Waals surface area contributed by atoms with Gasteiger partial charge in [0.2, 0.25) is 11.8 Å². The van der Waals surface area contributed by atoms with Crippen molar-refractivity contribution < 1.29 is 154 Å². The summed E-state index contributed by atoms with van der Waals surface area (Å²) in [7, 11) is 0. The first-order valence-corrected chi connectivity index (χ1v) is 40.1. The van der Waals surface area contributed by atoms with Crippen LogP contribution in [0.1, 0.15) is 233 Å². The first-order valence-electron chi connectivity index (χ1n) is 40.1. The van der Waals surface area contributed by atoms with Crippen LogP contribution in [-0.4, -0.2) is 321 Å². The molecule has 2 amide bonds. The van der Waals surface area contributed by atoms with Crippen molar-refractivity contribution in [1.82, 2.24) is 10.6 Å². The molecule has 33 heteroatoms. The van der Waals surface area contributed by atoms with Gasteiger partial charge in [-0.3, -0.25) is 9.59 Å². The molecule has 20 N–H and O–H groups in total. The van der Waals surface area contributed by atoms with Gasteiger partial charge in [0.1, 0.15) is 122 Å². The van der Waals surface area contributed by atoms with Crippen LogP contribution in [0.3, 0.4) is 0 Å². The SMILES string of the molecule is CCCCCCCCCCCCC/C=C/[C@@H](O)[C@H](CO[C@@H]1OC(CO)[C@@H](O[C@@H]2OC(CO)[C@H](O)[C@H](O[C@@H]3OC(CO)[C@@H](O[C@@H]4OC(CO)[C@H](O)[C@H](O[C@]5(C(=O)O)CC(O)[C@@H](O)C([C@H](O)[C@H](O)CO)O5)C4O)[C@H](O)C3NC(C)=O)C2O)[C@H](O)C1O)NC(=O)CCCCCCCCCCCCCCCCCCCCC. The van der Waals surface area contributed by atoms with Gasteiger partial charge in [0, 0.05) is 19.8 Å². The van der Waals surface area contributed by atoms with Crippen LogP contribution in [0.4, 0.5) is 0 Å². The molecule has 0 aliphatic carbocycles. The zero-order valence-electron chi connectivity index (χ0n) is 63.7. The highest BCUT2D eigenvalue weighted by Gasteiger charge is 2.61. The van der Waals surface area contributed by atoms with Crippen LogP contribution in [0, 0.1) is 0 Å². The second-order valence-corrected chi connectivity index (χ2v) is 30.0. The van der Waals surface area contributed by atoms with Crippen molar-refractivity contribution in [3.05, 3.63) is 12.2 Å². The number of aliphatic hydroxyl groups is 17. The molecule has 33 nitrogen and oxygen atoms in total. The summed E-state index contributed by atoms with van der Waals surface area (Å²) in [6.45, 7) is -0.307. The van der Waals surface area contributed by atoms with Gasteiger partial charge in [0.25, 0.3) is 5.79 Å². The van der Waals surface area contributed by atoms with Crippen LogP contribution in [0.5, 0.6) is 0 Å². The first kappa shape index (κ1) is 95.7. The predicted octanol–water partition coefficient (Wildman–Crippen LogP) is 0.374. The fraction of sp³-hybridized carbons (Fsp3) is 0.933. The van der Waals surface area contributed by atoms with E-state index >= 15 is 0 Å². The molecule has 632 valence electrons. The maximum absolute atomic E-state index is 13.5. The minimum atomic E-state index is -3.19. The maximum Gasteiger partial charge on any atom is 0.364 e. The molecule has 0 spiro atoms. The van der Waals surface area contributed by atoms with Gasteiger partial charge in [-0.25, -0.2) is 4.79 Å². The molecule has 5 aliphatic heterocycles. The zero-order chi connectivity index (χ0) is 79.3. The molecule has 5 rings (SSSR count). The van der Waals surface area contributed by atoms with Crippen molar-refractivity contribution in [3.8, 4) is 0 Å². The van der Waals surface area contributed by atoms with Crippen molar-refractivity contribution in [3.63, 3.8) is 0 Å². The van der Waals surface area contributed by atoms with E-state index in [4.69, 9.17) is 47.4 Å². The van der Waals surface area contributed by atoms with Crippen molar-refractivity contribution in [2.75, 3.05) is 39.6 Å². The van der Waals surface area contributed by atoms with E-state index in [1.165, 1.54) is 135 Å². The molecule has 10 unspecified atom stereocenters. The van der Waals surface area contributed by atoms with E-state index in [1.807, 2.05) is 6.08 Å². The second-order valence-electron chi connectivity index (χ2n) is 30.0. The monoisotopic (exact) mass is 1560 g/mol. The number of nitrogens with one attached hydrogen (secondary N) is 2. The Morgan fingerprint density at radius 3 is 1.35 bits per heavy atom. The Labute approximate surface area is 635 Å². The zero-order valence-corrected chi connectivity index (χ0v) is 63.7. The molecule has 5 aliphatic rings. The topological polar surface area (TPSA) is 532 Å². The lowest BCUT2D eigenvalue weighted by atomic mass is 9.90. The van der Waals surface area contributed by atoms with Gasteiger partial charge < -0.3 is 150 Å². The third-order valence-corrected chi connectivity index (χ3v) is 21.2. The van der Waals surface area contributed by atoms with Crippen molar-refractivity contribution in [2.24, 2.45) is 0 Å². The second kappa shape index (κ2) is 51.8. The number of allylic oxidation sites excluding steroid dienone is 1. The lowest BCUT2D eigenvalue weighted by Crippen LogP contribution is -2.70. The van der Waals surface area contributed by atoms with Crippen molar-refractivity contribution >= 4 is 17.8 Å². The number of carboxylic acids is 1. The highest BCUT2D eigenvalue weighted by molar-refractivity contribution is 5.76. The summed E-state index contributed by atoms with van der Waals surface area (Å²) in [4.78, 5) is 39.3. The van der Waals surface area contributed by atoms with Crippen LogP contribution >= 0.6 is 0 Å². The number of carbonyl (C=O) groups is 3. The maximum atomic E-state index is 13.5. The number of aliphatic carboxylic acids is 1. The fourth-order valence-corrected chi connectivity index (χ4v) is 14.6. The first-order chi connectivity index (χ1) is 51.9. The van der Waals surface area contributed by atoms with Gasteiger partial charge in [-0.05, 0) is 19.3 Å². The smallest absolute Gasteiger partial charge is 0.364 e. The molecule has 28 atom stereocenters. The number of unbranched alkanes of at least 4 members (excludes halogenated alkanes) is 29. The Bertz CT molecular complexity index is 2450. The Morgan fingerprint density at radius 1 is 0.481 bits per heavy atom. The summed E-state index contributed by atoms with van der Waals surface area (Å²) in [6.07, 6.45) is -11.2. The average Bonchev–Trinajstić information content (AvgIpc) is 0.758. The molecular weight excluding hydrogens is 1420 g/mol. The summed E-state index contributed by atoms with van der Waals surface area (Å²) in [6, 6.07) is -2.93. The summed E-state index contributed by atoms with van der Waals surface area (Å²) >= 11 is 0. The van der Waals surface area contributed by atoms with Crippen LogP contribution in [0.25, 0.3) is 0 Å². The van der Waals surface area contributed by atoms with E-state index in [0.717, 1.165) is 58.3 Å². The summed E-state index contributed by atoms with van der Waals surface area (Å²) < 4.78 is 58.3. The van der Waals surface area contributed by atoms with Gasteiger partial charge >= 0.3 is 5.97 Å². The number of amides is 2. The number of carboxylic acid groups (broad SMARTS) is 1. The number of ether oxygens (including phenoxy) is 10. The molecule has 5 heterocycles. The molecule has 5 saturated heterocycles. The molecule has 0 bridgehead atoms. The lowest BCUT2D eigenvalue weighted by molar-refractivity contribution is -0.393. The minimum absolute atomic E-state index is 0.176. The number of rotatable bonds is 55. The van der Waals surface area contributed by atoms with Crippen LogP contribution in [-0.2, 0) is 61.8 Å². The normalized spacial score (nSPS) is 34.5. The Morgan fingerprint density at radius 2 is 0.898 bits per heavy atom. The number of carbonyl (C=O) groups excluding carboxylic acids is 2. The van der Waals surface area contributed by atoms with Gasteiger partial charge in [-0.15, -0.1) is 0 Å². The molecule has 0 aromatic heterocycles. The van der Waals surface area contributed by atoms with Crippen LogP contribution in [0.2, 0.25) is 0 Å². The lowest BCUT2D eigenvalue weighted by Gasteiger charge is -2.51. The van der Waals surface area contributed by atoms with Gasteiger partial charge in [-0.2, -0.15) is 0 Å². The molecule has 0 aromatic carbocycles. The number of hydrogen-bond acceptors (Lipinski definition) is 30. The molecule has 5 fully saturated rings. The predicted molar refractivity (Wildman–Crippen MR) is 385 cm³/mol. The molecule has 0 saturated carbocycles. The summed E-state index contributed by atoms with van der Waals surface area (Å²) in [5, 5.41) is 203. The van der Waals surface area contributed by atoms with E-state index in [-0.39, 0.29) is 12.3 Å². The number of hydrogen-bond donors (Lipinski definition) is 20. The van der Waals surface area contributed by atoms with E-state index in [1.54, 1.807) is 6.08 Å². The Kier molecular flexibility index (Phi) is 45.9. The van der Waals surface area contributed by atoms with Gasteiger partial charge in [-0.1, -0.05) is 206 Å². The fourth-order valence-electron chi connectivity index (χ4n) is 14.6. The third-order valence-electron chi connectivity index (χ3n) is 21.2. The largest absolute Gasteiger partial charge is 0.477 e. The quantitative estimate of drug-likeness (QED) is 0.0289. The summed E-state index contributed by atoms with van der Waals surface area (Å²) in [5.74, 6) is -6.49. The van der Waals surface area contributed by atoms with E-state index in [2.05, 4.69) is 24.5 Å². The van der Waals surface area contributed by atoms with Crippen LogP contribution < -0.4 is 10.6 Å². The van der Waals surface area contributed by atoms with Gasteiger partial charge in [0.05, 0.1) is 57.9 Å². The highest BCUT2D eigenvalue weighted by Crippen LogP contribution is 2.40. The standard InChI is InChI=1S/C75H136N2O31/c1-4-6-8-10-12-14-16-18-19-20-21-22-23-25-27-29-31-33-35-37-54(87)77-46(47(84)36-34-32-30-28-26-24-17-15-13-11-9-7-5-2)44-99-71-62(94)61(93)66(53(43-82)103-71)105-72-63(95)67(58(90)50(40-79)100-72)106-70-55(76-45(3)83)60(92)65(52(42-81)102-70)104-73-64(96)69(59(91)51(41-80)101-73)108-75(74(97)98)38-48(85)56(88)68(107-75)57(89)49(86)39-78/h34,36,46-53,55-73,78-82,84-86,88-96H,4-33,35,37-44H2,1-3H3,(H,76,83)(H,77,87)(H,97,98)/b36-34+/t46-,47+,48?,49+,50?,51?,52?,53?,55?,56+,57+,58-,59-,60+,61+,62?,63?,64?,65+,66+,67-,68?,69-,70-,71+,72-,73-,75-/m0/s1. The average molecular weight is 1560 g/mol. The molecule has 0 radical (unpaired) electrons.